The van der Waals surface area contributed by atoms with Crippen LogP contribution in [0.15, 0.2) is 449 Å². The molecule has 15 aromatic carbocycles. The van der Waals surface area contributed by atoms with E-state index in [0.717, 1.165) is 146 Å². The Bertz CT molecular complexity index is 8110. The van der Waals surface area contributed by atoms with Gasteiger partial charge in [-0.3, -0.25) is 19.1 Å². The Morgan fingerprint density at radius 1 is 0.258 bits per heavy atom. The van der Waals surface area contributed by atoms with Crippen LogP contribution in [-0.2, 0) is 0 Å². The number of rotatable bonds is 11. The topological polar surface area (TPSA) is 158 Å². The third-order valence-electron chi connectivity index (χ3n) is 24.6. The smallest absolute Gasteiger partial charge is 0.238 e. The molecule has 16 heteroatoms. The van der Waals surface area contributed by atoms with Crippen molar-refractivity contribution in [2.45, 2.75) is 5.92 Å². The van der Waals surface area contributed by atoms with Gasteiger partial charge in [-0.1, -0.05) is 358 Å². The van der Waals surface area contributed by atoms with Crippen molar-refractivity contribution in [1.82, 2.24) is 64.0 Å². The SMILES string of the molecule is c1ccc(-c2nc(-c3ccccc3)nc(-n3c4c(c5ccccc53)N(c3ccccc3)c3ccccc3-c3ccccc3-4)n2)cc1.c1ccc(-c2nc(-c3ccccc3)nc(-n3c4c(c5ncccc53)-c3ccccc3N(c3ccccc3)c3ccccc3-4)n2)cc1.c1ccc(-c2nc(-c3ccccc3)nc(C3c4ccccc4-c4cnccc4-c4sc5ccccc5c43)n2)cc1. The van der Waals surface area contributed by atoms with Gasteiger partial charge in [-0.25, -0.2) is 24.9 Å². The molecule has 1 atom stereocenters. The Balaban J connectivity index is 0.000000110. The molecule has 0 bridgehead atoms. The van der Waals surface area contributed by atoms with Crippen LogP contribution >= 0.6 is 11.3 Å². The molecule has 3 aliphatic rings. The van der Waals surface area contributed by atoms with E-state index in [2.05, 4.69) is 291 Å². The molecule has 23 aromatic rings. The molecule has 0 radical (unpaired) electrons. The number of para-hydroxylation sites is 6. The lowest BCUT2D eigenvalue weighted by Crippen LogP contribution is -2.12. The van der Waals surface area contributed by atoms with Gasteiger partial charge in [0.25, 0.3) is 0 Å². The van der Waals surface area contributed by atoms with Gasteiger partial charge in [0.15, 0.2) is 34.9 Å². The molecule has 2 aliphatic heterocycles. The van der Waals surface area contributed by atoms with Crippen LogP contribution in [0.3, 0.4) is 0 Å². The second-order valence-electron chi connectivity index (χ2n) is 32.3. The van der Waals surface area contributed by atoms with Crippen molar-refractivity contribution < 1.29 is 0 Å². The zero-order valence-electron chi connectivity index (χ0n) is 70.9. The molecule has 0 amide bonds. The third-order valence-corrected chi connectivity index (χ3v) is 25.8. The van der Waals surface area contributed by atoms with Crippen molar-refractivity contribution in [2.24, 2.45) is 0 Å². The molecular weight excluding hydrogens is 1640 g/mol. The van der Waals surface area contributed by atoms with Crippen molar-refractivity contribution in [3.05, 3.63) is 466 Å². The third kappa shape index (κ3) is 13.8. The molecule has 1 unspecified atom stereocenters. The van der Waals surface area contributed by atoms with Gasteiger partial charge < -0.3 is 9.80 Å². The summed E-state index contributed by atoms with van der Waals surface area (Å²) in [6.45, 7) is 0. The quantitative estimate of drug-likeness (QED) is 0.121. The van der Waals surface area contributed by atoms with Gasteiger partial charge >= 0.3 is 0 Å². The number of benzene rings is 15. The number of thiophene rings is 1. The zero-order chi connectivity index (χ0) is 87.4. The summed E-state index contributed by atoms with van der Waals surface area (Å²) in [5.74, 6) is 5.47. The van der Waals surface area contributed by atoms with E-state index in [0.29, 0.717) is 46.8 Å². The molecule has 0 saturated heterocycles. The second kappa shape index (κ2) is 33.6. The molecule has 132 heavy (non-hydrogen) atoms. The number of anilines is 6. The summed E-state index contributed by atoms with van der Waals surface area (Å²) in [5, 5.41) is 2.34. The van der Waals surface area contributed by atoms with Crippen molar-refractivity contribution in [1.29, 1.82) is 0 Å². The second-order valence-corrected chi connectivity index (χ2v) is 33.4. The van der Waals surface area contributed by atoms with E-state index in [1.54, 1.807) is 0 Å². The first kappa shape index (κ1) is 77.8. The molecule has 0 saturated carbocycles. The van der Waals surface area contributed by atoms with Gasteiger partial charge in [-0.15, -0.1) is 11.3 Å². The van der Waals surface area contributed by atoms with E-state index >= 15 is 0 Å². The number of aromatic nitrogens is 13. The van der Waals surface area contributed by atoms with E-state index in [-0.39, 0.29) is 5.92 Å². The van der Waals surface area contributed by atoms with Crippen LogP contribution in [0.5, 0.6) is 0 Å². The maximum Gasteiger partial charge on any atom is 0.238 e. The van der Waals surface area contributed by atoms with Gasteiger partial charge in [0.2, 0.25) is 11.9 Å². The lowest BCUT2D eigenvalue weighted by atomic mass is 9.86. The summed E-state index contributed by atoms with van der Waals surface area (Å²) in [4.78, 5) is 61.6. The Kier molecular flexibility index (Phi) is 19.8. The van der Waals surface area contributed by atoms with Gasteiger partial charge in [0.05, 0.1) is 56.6 Å². The first-order valence-corrected chi connectivity index (χ1v) is 44.7. The van der Waals surface area contributed by atoms with Crippen LogP contribution in [0.1, 0.15) is 22.9 Å². The van der Waals surface area contributed by atoms with Crippen molar-refractivity contribution in [3.8, 4) is 147 Å². The average molecular weight is 1710 g/mol. The lowest BCUT2D eigenvalue weighted by molar-refractivity contribution is 0.851. The van der Waals surface area contributed by atoms with Gasteiger partial charge in [-0.2, -0.15) is 19.9 Å². The molecule has 15 nitrogen and oxygen atoms in total. The first-order chi connectivity index (χ1) is 65.5. The summed E-state index contributed by atoms with van der Waals surface area (Å²) in [7, 11) is 0. The monoisotopic (exact) mass is 1710 g/mol. The largest absolute Gasteiger partial charge is 0.309 e. The number of nitrogens with zero attached hydrogens (tertiary/aromatic N) is 15. The van der Waals surface area contributed by atoms with Crippen LogP contribution < -0.4 is 9.80 Å². The van der Waals surface area contributed by atoms with E-state index < -0.39 is 0 Å². The van der Waals surface area contributed by atoms with Crippen molar-refractivity contribution in [2.75, 3.05) is 9.80 Å². The predicted octanol–water partition coefficient (Wildman–Crippen LogP) is 28.6. The number of hydrogen-bond donors (Lipinski definition) is 0. The first-order valence-electron chi connectivity index (χ1n) is 43.9. The van der Waals surface area contributed by atoms with Crippen molar-refractivity contribution >= 4 is 77.5 Å². The van der Waals surface area contributed by atoms with Crippen molar-refractivity contribution in [3.63, 3.8) is 0 Å². The fourth-order valence-electron chi connectivity index (χ4n) is 18.8. The number of pyridine rings is 2. The Labute approximate surface area is 764 Å². The van der Waals surface area contributed by atoms with Crippen LogP contribution in [0.4, 0.5) is 34.1 Å². The maximum absolute atomic E-state index is 5.21. The minimum absolute atomic E-state index is 0.192. The average Bonchev–Trinajstić information content (AvgIpc) is 1.56. The Morgan fingerprint density at radius 2 is 0.652 bits per heavy atom. The Morgan fingerprint density at radius 3 is 1.19 bits per heavy atom. The van der Waals surface area contributed by atoms with Gasteiger partial charge in [0, 0.05) is 117 Å². The van der Waals surface area contributed by atoms with Gasteiger partial charge in [0.1, 0.15) is 5.82 Å². The highest BCUT2D eigenvalue weighted by Gasteiger charge is 2.38. The summed E-state index contributed by atoms with van der Waals surface area (Å²) in [5.41, 5.74) is 29.5. The fraction of sp³-hybridized carbons (Fsp3) is 0.00862. The molecule has 0 N–H and O–H groups in total. The van der Waals surface area contributed by atoms with Crippen LogP contribution in [0, 0.1) is 0 Å². The van der Waals surface area contributed by atoms with Gasteiger partial charge in [-0.05, 0) is 100 Å². The molecule has 620 valence electrons. The molecule has 0 spiro atoms. The maximum atomic E-state index is 5.21. The highest BCUT2D eigenvalue weighted by molar-refractivity contribution is 7.22. The molecule has 0 fully saturated rings. The molecule has 26 rings (SSSR count). The standard InChI is InChI=1S/C41H27N5.C40H26N6.C35H22N4S/c1-4-16-28(17-5-1)39-42-40(29-18-6-2-7-19-29)44-41(43-39)46-36-27-15-13-25-34(36)38-37(46)33-24-11-10-22-31(33)32-23-12-14-26-35(32)45(38)30-20-8-3-9-21-30;1-4-15-27(16-5-1)38-42-39(28-17-6-2-7-18-28)44-40(43-38)46-34-25-14-26-41-36(34)35-30-21-10-12-23-32(30)45(29-19-8-3-9-20-29)33-24-13-11-22-31(33)37(35)46;1-3-11-22(12-4-1)33-37-34(23-13-5-2-6-14-23)39-35(38-33)31-25-16-8-7-15-24(25)28-21-36-20-19-26(28)32-30(31)27-17-9-10-18-29(27)40-32/h1-27H;1-26H;1-21,31H. The normalized spacial score (nSPS) is 12.4. The Hall–Kier alpha value is -17.7. The van der Waals surface area contributed by atoms with Crippen LogP contribution in [0.25, 0.3) is 179 Å². The molecule has 8 aromatic heterocycles. The summed E-state index contributed by atoms with van der Waals surface area (Å²) in [6, 6.07) is 148. The molecule has 1 aliphatic carbocycles. The van der Waals surface area contributed by atoms with E-state index in [4.69, 9.17) is 49.8 Å². The highest BCUT2D eigenvalue weighted by atomic mass is 32.1. The summed E-state index contributed by atoms with van der Waals surface area (Å²) >= 11 is 1.83. The van der Waals surface area contributed by atoms with Crippen LogP contribution in [0.2, 0.25) is 0 Å². The minimum Gasteiger partial charge on any atom is -0.309 e. The molecular formula is C116H75N15S. The molecule has 10 heterocycles. The minimum atomic E-state index is -0.192. The predicted molar refractivity (Wildman–Crippen MR) is 533 cm³/mol. The summed E-state index contributed by atoms with van der Waals surface area (Å²) in [6.07, 6.45) is 5.74. The fourth-order valence-corrected chi connectivity index (χ4v) is 20.1. The highest BCUT2D eigenvalue weighted by Crippen LogP contribution is 2.58. The zero-order valence-corrected chi connectivity index (χ0v) is 71.7. The van der Waals surface area contributed by atoms with E-state index in [1.165, 1.54) is 37.2 Å². The lowest BCUT2D eigenvalue weighted by Gasteiger charge is -2.27. The summed E-state index contributed by atoms with van der Waals surface area (Å²) < 4.78 is 5.65. The van der Waals surface area contributed by atoms with Crippen LogP contribution in [-0.4, -0.2) is 64.0 Å². The van der Waals surface area contributed by atoms with E-state index in [9.17, 15) is 0 Å². The van der Waals surface area contributed by atoms with E-state index in [1.807, 2.05) is 194 Å². The number of fused-ring (bicyclic) bond motifs is 21. The number of hydrogen-bond acceptors (Lipinski definition) is 14.